The van der Waals surface area contributed by atoms with Gasteiger partial charge in [0.15, 0.2) is 0 Å². The van der Waals surface area contributed by atoms with Gasteiger partial charge in [0.2, 0.25) is 0 Å². The van der Waals surface area contributed by atoms with E-state index >= 15 is 0 Å². The van der Waals surface area contributed by atoms with Crippen LogP contribution in [0.5, 0.6) is 5.75 Å². The van der Waals surface area contributed by atoms with Gasteiger partial charge in [0, 0.05) is 31.3 Å². The van der Waals surface area contributed by atoms with Crippen molar-refractivity contribution in [2.24, 2.45) is 0 Å². The third-order valence-corrected chi connectivity index (χ3v) is 1.69. The van der Waals surface area contributed by atoms with Gasteiger partial charge < -0.3 is 5.11 Å². The quantitative estimate of drug-likeness (QED) is 0.674. The van der Waals surface area contributed by atoms with Gasteiger partial charge in [-0.25, -0.2) is 0 Å². The molecule has 2 heterocycles. The van der Waals surface area contributed by atoms with Gasteiger partial charge in [-0.1, -0.05) is 6.07 Å². The first-order valence-electron chi connectivity index (χ1n) is 3.93. The Morgan fingerprint density at radius 2 is 1.71 bits per heavy atom. The molecular formula is C10H8LiN2O. The van der Waals surface area contributed by atoms with Crippen LogP contribution in [0, 0.1) is 0 Å². The van der Waals surface area contributed by atoms with Gasteiger partial charge in [0.25, 0.3) is 0 Å². The van der Waals surface area contributed by atoms with Crippen LogP contribution < -0.4 is 0 Å². The van der Waals surface area contributed by atoms with Crippen LogP contribution in [-0.4, -0.2) is 33.9 Å². The number of aromatic hydroxyl groups is 1. The Kier molecular flexibility index (Phi) is 3.70. The van der Waals surface area contributed by atoms with E-state index in [0.29, 0.717) is 11.4 Å². The zero-order valence-electron chi connectivity index (χ0n) is 7.88. The Morgan fingerprint density at radius 1 is 0.929 bits per heavy atom. The normalized spacial score (nSPS) is 9.14. The molecule has 0 aliphatic heterocycles. The summed E-state index contributed by atoms with van der Waals surface area (Å²) in [4.78, 5) is 8.12. The predicted molar refractivity (Wildman–Crippen MR) is 54.9 cm³/mol. The second-order valence-corrected chi connectivity index (χ2v) is 2.59. The summed E-state index contributed by atoms with van der Waals surface area (Å²) in [6, 6.07) is 8.76. The summed E-state index contributed by atoms with van der Waals surface area (Å²) in [7, 11) is 0. The molecule has 0 unspecified atom stereocenters. The molecule has 2 aromatic rings. The van der Waals surface area contributed by atoms with Crippen LogP contribution >= 0.6 is 0 Å². The average Bonchev–Trinajstić information content (AvgIpc) is 2.20. The van der Waals surface area contributed by atoms with Crippen molar-refractivity contribution in [3.05, 3.63) is 42.7 Å². The molecule has 0 bridgehead atoms. The summed E-state index contributed by atoms with van der Waals surface area (Å²) in [5, 5.41) is 9.46. The molecule has 0 saturated heterocycles. The van der Waals surface area contributed by atoms with Crippen molar-refractivity contribution in [1.29, 1.82) is 0 Å². The predicted octanol–water partition coefficient (Wildman–Crippen LogP) is 1.47. The van der Waals surface area contributed by atoms with Gasteiger partial charge in [-0.2, -0.15) is 0 Å². The number of pyridine rings is 2. The minimum absolute atomic E-state index is 0. The molecule has 0 aliphatic rings. The molecule has 3 nitrogen and oxygen atoms in total. The summed E-state index contributed by atoms with van der Waals surface area (Å²) < 4.78 is 0. The minimum atomic E-state index is 0. The van der Waals surface area contributed by atoms with Gasteiger partial charge in [-0.05, 0) is 24.3 Å². The van der Waals surface area contributed by atoms with E-state index in [-0.39, 0.29) is 24.6 Å². The van der Waals surface area contributed by atoms with E-state index in [0.717, 1.165) is 0 Å². The molecule has 0 spiro atoms. The molecule has 2 rings (SSSR count). The SMILES string of the molecule is Oc1cccnc1-c1ccccn1.[Li]. The molecule has 1 N–H and O–H groups in total. The van der Waals surface area contributed by atoms with E-state index < -0.39 is 0 Å². The second-order valence-electron chi connectivity index (χ2n) is 2.59. The van der Waals surface area contributed by atoms with Gasteiger partial charge in [-0.3, -0.25) is 9.97 Å². The van der Waals surface area contributed by atoms with Crippen molar-refractivity contribution < 1.29 is 5.11 Å². The van der Waals surface area contributed by atoms with Gasteiger partial charge in [0.1, 0.15) is 11.4 Å². The summed E-state index contributed by atoms with van der Waals surface area (Å²) >= 11 is 0. The zero-order chi connectivity index (χ0) is 9.10. The van der Waals surface area contributed by atoms with E-state index in [1.54, 1.807) is 24.5 Å². The van der Waals surface area contributed by atoms with Gasteiger partial charge >= 0.3 is 0 Å². The van der Waals surface area contributed by atoms with Crippen molar-refractivity contribution in [3.63, 3.8) is 0 Å². The standard InChI is InChI=1S/C10H8N2O.Li/c13-9-5-3-7-12-10(9)8-4-1-2-6-11-8;/h1-7,13H;. The first-order valence-corrected chi connectivity index (χ1v) is 3.93. The first-order chi connectivity index (χ1) is 6.38. The van der Waals surface area contributed by atoms with Crippen molar-refractivity contribution in [1.82, 2.24) is 9.97 Å². The Labute approximate surface area is 94.0 Å². The molecule has 14 heavy (non-hydrogen) atoms. The number of hydrogen-bond acceptors (Lipinski definition) is 3. The monoisotopic (exact) mass is 179 g/mol. The second kappa shape index (κ2) is 4.80. The van der Waals surface area contributed by atoms with Crippen LogP contribution in [0.2, 0.25) is 0 Å². The minimum Gasteiger partial charge on any atom is -0.506 e. The van der Waals surface area contributed by atoms with E-state index in [4.69, 9.17) is 0 Å². The Bertz CT molecular complexity index is 406. The van der Waals surface area contributed by atoms with E-state index in [1.807, 2.05) is 18.2 Å². The van der Waals surface area contributed by atoms with Crippen molar-refractivity contribution >= 4 is 18.9 Å². The molecule has 65 valence electrons. The van der Waals surface area contributed by atoms with Crippen LogP contribution in [0.3, 0.4) is 0 Å². The largest absolute Gasteiger partial charge is 0.506 e. The first kappa shape index (κ1) is 10.8. The Hall–Kier alpha value is -1.30. The Balaban J connectivity index is 0.000000980. The zero-order valence-corrected chi connectivity index (χ0v) is 7.88. The topological polar surface area (TPSA) is 46.0 Å². The fraction of sp³-hybridized carbons (Fsp3) is 0. The van der Waals surface area contributed by atoms with Crippen LogP contribution in [0.4, 0.5) is 0 Å². The maximum Gasteiger partial charge on any atom is 0.143 e. The molecule has 4 heteroatoms. The van der Waals surface area contributed by atoms with Crippen LogP contribution in [0.1, 0.15) is 0 Å². The Morgan fingerprint density at radius 3 is 2.36 bits per heavy atom. The van der Waals surface area contributed by atoms with Crippen molar-refractivity contribution in [3.8, 4) is 17.1 Å². The van der Waals surface area contributed by atoms with Gasteiger partial charge in [-0.15, -0.1) is 0 Å². The van der Waals surface area contributed by atoms with E-state index in [1.165, 1.54) is 0 Å². The molecule has 2 aromatic heterocycles. The summed E-state index contributed by atoms with van der Waals surface area (Å²) in [6.07, 6.45) is 3.30. The average molecular weight is 179 g/mol. The number of nitrogens with zero attached hydrogens (tertiary/aromatic N) is 2. The van der Waals surface area contributed by atoms with E-state index in [2.05, 4.69) is 9.97 Å². The maximum atomic E-state index is 9.46. The molecule has 0 amide bonds. The molecule has 0 fully saturated rings. The fourth-order valence-electron chi connectivity index (χ4n) is 1.10. The molecule has 0 saturated carbocycles. The molecule has 1 radical (unpaired) electrons. The molecule has 0 atom stereocenters. The summed E-state index contributed by atoms with van der Waals surface area (Å²) in [5.41, 5.74) is 1.20. The molecular weight excluding hydrogens is 171 g/mol. The van der Waals surface area contributed by atoms with Crippen LogP contribution in [-0.2, 0) is 0 Å². The van der Waals surface area contributed by atoms with Crippen LogP contribution in [0.15, 0.2) is 42.7 Å². The van der Waals surface area contributed by atoms with Crippen LogP contribution in [0.25, 0.3) is 11.4 Å². The molecule has 0 aliphatic carbocycles. The fourth-order valence-corrected chi connectivity index (χ4v) is 1.10. The van der Waals surface area contributed by atoms with E-state index in [9.17, 15) is 5.11 Å². The third-order valence-electron chi connectivity index (χ3n) is 1.69. The number of rotatable bonds is 1. The third kappa shape index (κ3) is 2.14. The number of aromatic nitrogens is 2. The van der Waals surface area contributed by atoms with Gasteiger partial charge in [0.05, 0.1) is 5.69 Å². The van der Waals surface area contributed by atoms with Crippen molar-refractivity contribution in [2.45, 2.75) is 0 Å². The smallest absolute Gasteiger partial charge is 0.143 e. The maximum absolute atomic E-state index is 9.46. The number of hydrogen-bond donors (Lipinski definition) is 1. The summed E-state index contributed by atoms with van der Waals surface area (Å²) in [5.74, 6) is 0.154. The van der Waals surface area contributed by atoms with Crippen molar-refractivity contribution in [2.75, 3.05) is 0 Å². The molecule has 0 aromatic carbocycles. The summed E-state index contributed by atoms with van der Waals surface area (Å²) in [6.45, 7) is 0.